The highest BCUT2D eigenvalue weighted by atomic mass is 32.2. The van der Waals surface area contributed by atoms with E-state index in [9.17, 15) is 4.79 Å². The van der Waals surface area contributed by atoms with Crippen molar-refractivity contribution in [2.24, 2.45) is 23.7 Å². The van der Waals surface area contributed by atoms with Crippen molar-refractivity contribution in [3.05, 3.63) is 27.8 Å². The van der Waals surface area contributed by atoms with Gasteiger partial charge in [0.2, 0.25) is 0 Å². The number of nitrogens with zero attached hydrogens (tertiary/aromatic N) is 4. The fourth-order valence-electron chi connectivity index (χ4n) is 3.61. The zero-order valence-corrected chi connectivity index (χ0v) is 17.1. The van der Waals surface area contributed by atoms with E-state index in [2.05, 4.69) is 22.3 Å². The zero-order valence-electron chi connectivity index (χ0n) is 15.4. The van der Waals surface area contributed by atoms with Gasteiger partial charge >= 0.3 is 0 Å². The molecule has 10 heteroatoms. The SMILES string of the molecule is Cc1cc(C(=O)Nc2csc([C@]34CO[C@@H](C)C[C@H]3CSC(N)=N4)n2)n(C)n1. The third kappa shape index (κ3) is 3.37. The second kappa shape index (κ2) is 6.92. The molecule has 144 valence electrons. The number of carbonyl (C=O) groups is 1. The lowest BCUT2D eigenvalue weighted by Crippen LogP contribution is -2.49. The highest BCUT2D eigenvalue weighted by Crippen LogP contribution is 2.46. The number of hydrogen-bond acceptors (Lipinski definition) is 8. The third-order valence-corrected chi connectivity index (χ3v) is 6.94. The van der Waals surface area contributed by atoms with E-state index in [0.29, 0.717) is 29.2 Å². The lowest BCUT2D eigenvalue weighted by Gasteiger charge is -2.44. The summed E-state index contributed by atoms with van der Waals surface area (Å²) in [5.74, 6) is 1.49. The Kier molecular flexibility index (Phi) is 4.73. The largest absolute Gasteiger partial charge is 0.379 e. The van der Waals surface area contributed by atoms with Gasteiger partial charge < -0.3 is 15.8 Å². The number of nitrogens with two attached hydrogens (primary N) is 1. The van der Waals surface area contributed by atoms with Crippen LogP contribution in [0.5, 0.6) is 0 Å². The van der Waals surface area contributed by atoms with Crippen molar-refractivity contribution < 1.29 is 9.53 Å². The molecule has 8 nitrogen and oxygen atoms in total. The van der Waals surface area contributed by atoms with Gasteiger partial charge in [-0.25, -0.2) is 9.98 Å². The van der Waals surface area contributed by atoms with Gasteiger partial charge in [0.1, 0.15) is 22.1 Å². The molecule has 0 unspecified atom stereocenters. The number of amidine groups is 1. The number of rotatable bonds is 3. The first-order valence-corrected chi connectivity index (χ1v) is 10.6. The second-order valence-electron chi connectivity index (χ2n) is 7.03. The van der Waals surface area contributed by atoms with Crippen molar-refractivity contribution in [1.29, 1.82) is 0 Å². The fraction of sp³-hybridized carbons (Fsp3) is 0.529. The molecule has 2 aromatic heterocycles. The first-order chi connectivity index (χ1) is 12.9. The average molecular weight is 407 g/mol. The Hall–Kier alpha value is -1.91. The van der Waals surface area contributed by atoms with Crippen LogP contribution >= 0.6 is 23.1 Å². The Morgan fingerprint density at radius 3 is 3.07 bits per heavy atom. The van der Waals surface area contributed by atoms with E-state index in [1.165, 1.54) is 11.3 Å². The maximum absolute atomic E-state index is 12.5. The molecule has 0 bridgehead atoms. The molecule has 0 saturated carbocycles. The van der Waals surface area contributed by atoms with Gasteiger partial charge in [0.15, 0.2) is 5.17 Å². The second-order valence-corrected chi connectivity index (χ2v) is 8.92. The smallest absolute Gasteiger partial charge is 0.275 e. The highest BCUT2D eigenvalue weighted by molar-refractivity contribution is 8.13. The minimum Gasteiger partial charge on any atom is -0.379 e. The van der Waals surface area contributed by atoms with E-state index in [0.717, 1.165) is 22.9 Å². The predicted molar refractivity (Wildman–Crippen MR) is 107 cm³/mol. The molecular formula is C17H22N6O2S2. The summed E-state index contributed by atoms with van der Waals surface area (Å²) < 4.78 is 7.49. The molecule has 27 heavy (non-hydrogen) atoms. The molecule has 0 aromatic carbocycles. The van der Waals surface area contributed by atoms with Gasteiger partial charge in [-0.3, -0.25) is 9.48 Å². The normalized spacial score (nSPS) is 27.7. The van der Waals surface area contributed by atoms with E-state index < -0.39 is 5.54 Å². The molecule has 2 aliphatic rings. The molecule has 1 saturated heterocycles. The van der Waals surface area contributed by atoms with Crippen molar-refractivity contribution in [3.8, 4) is 0 Å². The van der Waals surface area contributed by atoms with Crippen LogP contribution < -0.4 is 11.1 Å². The van der Waals surface area contributed by atoms with E-state index in [-0.39, 0.29) is 12.0 Å². The van der Waals surface area contributed by atoms with Crippen molar-refractivity contribution in [2.75, 3.05) is 17.7 Å². The van der Waals surface area contributed by atoms with Gasteiger partial charge in [-0.05, 0) is 26.3 Å². The summed E-state index contributed by atoms with van der Waals surface area (Å²) in [5, 5.41) is 10.3. The molecule has 2 aliphatic heterocycles. The van der Waals surface area contributed by atoms with Crippen molar-refractivity contribution in [3.63, 3.8) is 0 Å². The lowest BCUT2D eigenvalue weighted by molar-refractivity contribution is -0.0466. The van der Waals surface area contributed by atoms with Crippen LogP contribution in [-0.4, -0.2) is 44.3 Å². The average Bonchev–Trinajstić information content (AvgIpc) is 3.21. The standard InChI is InChI=1S/C17H22N6O2S2/c1-9-4-12(23(3)22-9)14(24)19-13-7-26-15(20-13)17-8-25-10(2)5-11(17)6-27-16(18)21-17/h4,7,10-11H,5-6,8H2,1-3H3,(H2,18,21)(H,19,24)/t10-,11-,17-/m0/s1. The van der Waals surface area contributed by atoms with Crippen LogP contribution in [0.1, 0.15) is 34.5 Å². The lowest BCUT2D eigenvalue weighted by atomic mass is 9.80. The molecule has 1 fully saturated rings. The number of carbonyl (C=O) groups excluding carboxylic acids is 1. The monoisotopic (exact) mass is 406 g/mol. The molecule has 4 rings (SSSR count). The summed E-state index contributed by atoms with van der Waals surface area (Å²) in [6.45, 7) is 4.40. The number of fused-ring (bicyclic) bond motifs is 1. The van der Waals surface area contributed by atoms with Crippen LogP contribution in [0.25, 0.3) is 0 Å². The summed E-state index contributed by atoms with van der Waals surface area (Å²) in [5.41, 5.74) is 6.76. The van der Waals surface area contributed by atoms with Gasteiger partial charge in [-0.1, -0.05) is 11.8 Å². The van der Waals surface area contributed by atoms with Gasteiger partial charge in [0.25, 0.3) is 5.91 Å². The Morgan fingerprint density at radius 1 is 1.52 bits per heavy atom. The number of aryl methyl sites for hydroxylation is 2. The van der Waals surface area contributed by atoms with E-state index >= 15 is 0 Å². The summed E-state index contributed by atoms with van der Waals surface area (Å²) >= 11 is 3.07. The first-order valence-electron chi connectivity index (χ1n) is 8.75. The molecule has 1 amide bonds. The summed E-state index contributed by atoms with van der Waals surface area (Å²) in [7, 11) is 1.75. The summed E-state index contributed by atoms with van der Waals surface area (Å²) in [6.07, 6.45) is 1.12. The topological polar surface area (TPSA) is 107 Å². The van der Waals surface area contributed by atoms with E-state index in [1.54, 1.807) is 29.6 Å². The molecule has 3 atom stereocenters. The highest BCUT2D eigenvalue weighted by Gasteiger charge is 2.49. The van der Waals surface area contributed by atoms with E-state index in [4.69, 9.17) is 15.5 Å². The van der Waals surface area contributed by atoms with Gasteiger partial charge in [0.05, 0.1) is 18.4 Å². The Morgan fingerprint density at radius 2 is 2.33 bits per heavy atom. The molecule has 0 radical (unpaired) electrons. The van der Waals surface area contributed by atoms with Crippen LogP contribution in [-0.2, 0) is 17.3 Å². The van der Waals surface area contributed by atoms with Crippen molar-refractivity contribution in [1.82, 2.24) is 14.8 Å². The van der Waals surface area contributed by atoms with Gasteiger partial charge in [-0.15, -0.1) is 11.3 Å². The summed E-state index contributed by atoms with van der Waals surface area (Å²) in [4.78, 5) is 22.0. The predicted octanol–water partition coefficient (Wildman–Crippen LogP) is 2.12. The number of thioether (sulfide) groups is 1. The van der Waals surface area contributed by atoms with Gasteiger partial charge in [-0.2, -0.15) is 5.10 Å². The van der Waals surface area contributed by atoms with Crippen LogP contribution in [0.3, 0.4) is 0 Å². The first kappa shape index (κ1) is 18.5. The molecule has 4 heterocycles. The number of nitrogens with one attached hydrogen (secondary N) is 1. The minimum absolute atomic E-state index is 0.200. The maximum Gasteiger partial charge on any atom is 0.275 e. The molecular weight excluding hydrogens is 384 g/mol. The van der Waals surface area contributed by atoms with Crippen molar-refractivity contribution >= 4 is 40.0 Å². The molecule has 3 N–H and O–H groups in total. The fourth-order valence-corrected chi connectivity index (χ4v) is 5.59. The Balaban J connectivity index is 1.60. The molecule has 0 aliphatic carbocycles. The number of ether oxygens (including phenoxy) is 1. The third-order valence-electron chi connectivity index (χ3n) is 4.97. The van der Waals surface area contributed by atoms with Gasteiger partial charge in [0, 0.05) is 24.1 Å². The number of anilines is 1. The van der Waals surface area contributed by atoms with E-state index in [1.807, 2.05) is 12.3 Å². The van der Waals surface area contributed by atoms with Crippen LogP contribution in [0.2, 0.25) is 0 Å². The number of thiazole rings is 1. The number of aromatic nitrogens is 3. The van der Waals surface area contributed by atoms with Crippen molar-refractivity contribution in [2.45, 2.75) is 31.9 Å². The van der Waals surface area contributed by atoms with Crippen LogP contribution in [0.4, 0.5) is 5.82 Å². The zero-order chi connectivity index (χ0) is 19.2. The molecule has 2 aromatic rings. The van der Waals surface area contributed by atoms with Crippen LogP contribution in [0.15, 0.2) is 16.4 Å². The Bertz CT molecular complexity index is 907. The number of hydrogen-bond donors (Lipinski definition) is 2. The van der Waals surface area contributed by atoms with Crippen LogP contribution in [0, 0.1) is 12.8 Å². The number of amides is 1. The maximum atomic E-state index is 12.5. The Labute approximate surface area is 165 Å². The summed E-state index contributed by atoms with van der Waals surface area (Å²) in [6, 6.07) is 1.75. The molecule has 0 spiro atoms. The minimum atomic E-state index is -0.557. The number of aliphatic imine (C=N–C) groups is 1. The quantitative estimate of drug-likeness (QED) is 0.808.